The van der Waals surface area contributed by atoms with Crippen LogP contribution in [0, 0.1) is 20.8 Å². The van der Waals surface area contributed by atoms with Crippen LogP contribution in [0.1, 0.15) is 39.3 Å². The van der Waals surface area contributed by atoms with E-state index in [0.29, 0.717) is 10.4 Å². The summed E-state index contributed by atoms with van der Waals surface area (Å²) < 4.78 is 1.87. The van der Waals surface area contributed by atoms with Crippen molar-refractivity contribution in [2.24, 2.45) is 4.99 Å². The number of aromatic nitrogens is 1. The Labute approximate surface area is 151 Å². The summed E-state index contributed by atoms with van der Waals surface area (Å²) in [7, 11) is 0. The molecule has 3 rings (SSSR count). The average molecular weight is 357 g/mol. The van der Waals surface area contributed by atoms with Crippen molar-refractivity contribution in [3.05, 3.63) is 50.8 Å². The molecule has 0 N–H and O–H groups in total. The molecule has 0 spiro atoms. The van der Waals surface area contributed by atoms with Crippen molar-refractivity contribution < 1.29 is 9.59 Å². The SMILES string of the molecule is Cc1cccc(C(=O)N=c2sc(C)c(C)n2CC(=O)N2CCCC2)c1. The number of thiazole rings is 1. The van der Waals surface area contributed by atoms with Crippen LogP contribution in [0.3, 0.4) is 0 Å². The van der Waals surface area contributed by atoms with Crippen LogP contribution >= 0.6 is 11.3 Å². The van der Waals surface area contributed by atoms with Crippen LogP contribution in [0.4, 0.5) is 0 Å². The number of aryl methyl sites for hydroxylation is 2. The van der Waals surface area contributed by atoms with Gasteiger partial charge in [0.1, 0.15) is 6.54 Å². The minimum Gasteiger partial charge on any atom is -0.341 e. The fraction of sp³-hybridized carbons (Fsp3) is 0.421. The first-order valence-corrected chi connectivity index (χ1v) is 9.37. The normalized spacial score (nSPS) is 15.0. The van der Waals surface area contributed by atoms with Gasteiger partial charge in [-0.15, -0.1) is 11.3 Å². The topological polar surface area (TPSA) is 54.7 Å². The Morgan fingerprint density at radius 3 is 2.56 bits per heavy atom. The number of carbonyl (C=O) groups is 2. The van der Waals surface area contributed by atoms with Crippen LogP contribution in [0.15, 0.2) is 29.3 Å². The van der Waals surface area contributed by atoms with E-state index in [0.717, 1.165) is 42.1 Å². The van der Waals surface area contributed by atoms with Crippen molar-refractivity contribution in [3.8, 4) is 0 Å². The Morgan fingerprint density at radius 1 is 1.16 bits per heavy atom. The molecule has 0 radical (unpaired) electrons. The molecule has 0 aliphatic carbocycles. The highest BCUT2D eigenvalue weighted by molar-refractivity contribution is 7.09. The molecule has 2 heterocycles. The molecule has 0 unspecified atom stereocenters. The lowest BCUT2D eigenvalue weighted by atomic mass is 10.1. The van der Waals surface area contributed by atoms with Gasteiger partial charge in [0.2, 0.25) is 5.91 Å². The second-order valence-corrected chi connectivity index (χ2v) is 7.67. The highest BCUT2D eigenvalue weighted by Gasteiger charge is 2.20. The fourth-order valence-electron chi connectivity index (χ4n) is 3.00. The maximum atomic E-state index is 12.5. The monoisotopic (exact) mass is 357 g/mol. The van der Waals surface area contributed by atoms with Crippen LogP contribution in [0.2, 0.25) is 0 Å². The third kappa shape index (κ3) is 3.90. The maximum Gasteiger partial charge on any atom is 0.279 e. The zero-order valence-corrected chi connectivity index (χ0v) is 15.7. The predicted octanol–water partition coefficient (Wildman–Crippen LogP) is 2.84. The summed E-state index contributed by atoms with van der Waals surface area (Å²) in [5, 5.41) is 0. The highest BCUT2D eigenvalue weighted by Crippen LogP contribution is 2.13. The number of nitrogens with zero attached hydrogens (tertiary/aromatic N) is 3. The smallest absolute Gasteiger partial charge is 0.279 e. The summed E-state index contributed by atoms with van der Waals surface area (Å²) in [6.45, 7) is 7.82. The molecular formula is C19H23N3O2S. The standard InChI is InChI=1S/C19H23N3O2S/c1-13-7-6-8-16(11-13)18(24)20-19-22(14(2)15(3)25-19)12-17(23)21-9-4-5-10-21/h6-8,11H,4-5,9-10,12H2,1-3H3. The van der Waals surface area contributed by atoms with Crippen molar-refractivity contribution in [1.82, 2.24) is 9.47 Å². The Bertz CT molecular complexity index is 873. The van der Waals surface area contributed by atoms with Crippen molar-refractivity contribution in [2.75, 3.05) is 13.1 Å². The largest absolute Gasteiger partial charge is 0.341 e. The minimum atomic E-state index is -0.271. The van der Waals surface area contributed by atoms with Gasteiger partial charge in [0.05, 0.1) is 0 Å². The molecule has 1 aromatic carbocycles. The molecule has 1 aromatic heterocycles. The van der Waals surface area contributed by atoms with E-state index >= 15 is 0 Å². The lowest BCUT2D eigenvalue weighted by Gasteiger charge is -2.16. The molecule has 1 aliphatic rings. The number of rotatable bonds is 3. The third-order valence-corrected chi connectivity index (χ3v) is 5.70. The van der Waals surface area contributed by atoms with E-state index in [4.69, 9.17) is 0 Å². The molecule has 2 amide bonds. The first kappa shape index (κ1) is 17.6. The van der Waals surface area contributed by atoms with Crippen LogP contribution in [0.5, 0.6) is 0 Å². The Balaban J connectivity index is 1.92. The Hall–Kier alpha value is -2.21. The molecule has 0 atom stereocenters. The highest BCUT2D eigenvalue weighted by atomic mass is 32.1. The molecule has 5 nitrogen and oxygen atoms in total. The van der Waals surface area contributed by atoms with Gasteiger partial charge in [-0.25, -0.2) is 0 Å². The molecule has 25 heavy (non-hydrogen) atoms. The van der Waals surface area contributed by atoms with E-state index < -0.39 is 0 Å². The summed E-state index contributed by atoms with van der Waals surface area (Å²) in [6, 6.07) is 7.41. The third-order valence-electron chi connectivity index (χ3n) is 4.60. The zero-order chi connectivity index (χ0) is 18.0. The second kappa shape index (κ2) is 7.35. The number of hydrogen-bond acceptors (Lipinski definition) is 3. The van der Waals surface area contributed by atoms with Crippen molar-refractivity contribution >= 4 is 23.2 Å². The van der Waals surface area contributed by atoms with Gasteiger partial charge in [-0.1, -0.05) is 17.7 Å². The molecule has 2 aromatic rings. The molecule has 132 valence electrons. The van der Waals surface area contributed by atoms with Crippen LogP contribution in [0.25, 0.3) is 0 Å². The lowest BCUT2D eigenvalue weighted by Crippen LogP contribution is -2.34. The van der Waals surface area contributed by atoms with E-state index in [1.54, 1.807) is 6.07 Å². The van der Waals surface area contributed by atoms with Gasteiger partial charge in [0.25, 0.3) is 5.91 Å². The van der Waals surface area contributed by atoms with Gasteiger partial charge in [-0.3, -0.25) is 9.59 Å². The van der Waals surface area contributed by atoms with E-state index in [-0.39, 0.29) is 18.4 Å². The molecular weight excluding hydrogens is 334 g/mol. The summed E-state index contributed by atoms with van der Waals surface area (Å²) in [5.41, 5.74) is 2.59. The molecule has 0 bridgehead atoms. The first-order valence-electron chi connectivity index (χ1n) is 8.56. The van der Waals surface area contributed by atoms with Crippen LogP contribution in [-0.4, -0.2) is 34.4 Å². The minimum absolute atomic E-state index is 0.0999. The first-order chi connectivity index (χ1) is 12.0. The lowest BCUT2D eigenvalue weighted by molar-refractivity contribution is -0.130. The van der Waals surface area contributed by atoms with E-state index in [1.807, 2.05) is 48.4 Å². The average Bonchev–Trinajstić information content (AvgIpc) is 3.20. The number of carbonyl (C=O) groups excluding carboxylic acids is 2. The molecule has 1 saturated heterocycles. The van der Waals surface area contributed by atoms with E-state index in [1.165, 1.54) is 11.3 Å². The molecule has 0 saturated carbocycles. The van der Waals surface area contributed by atoms with Gasteiger partial charge in [0, 0.05) is 29.2 Å². The van der Waals surface area contributed by atoms with Crippen molar-refractivity contribution in [1.29, 1.82) is 0 Å². The molecule has 1 aliphatic heterocycles. The maximum absolute atomic E-state index is 12.5. The van der Waals surface area contributed by atoms with Gasteiger partial charge in [-0.05, 0) is 45.7 Å². The molecule has 6 heteroatoms. The van der Waals surface area contributed by atoms with Crippen molar-refractivity contribution in [2.45, 2.75) is 40.2 Å². The Morgan fingerprint density at radius 2 is 1.88 bits per heavy atom. The van der Waals surface area contributed by atoms with Gasteiger partial charge < -0.3 is 9.47 Å². The number of benzene rings is 1. The number of amides is 2. The summed E-state index contributed by atoms with van der Waals surface area (Å²) in [6.07, 6.45) is 2.14. The van der Waals surface area contributed by atoms with Gasteiger partial charge in [-0.2, -0.15) is 4.99 Å². The predicted molar refractivity (Wildman–Crippen MR) is 98.7 cm³/mol. The van der Waals surface area contributed by atoms with E-state index in [2.05, 4.69) is 4.99 Å². The van der Waals surface area contributed by atoms with E-state index in [9.17, 15) is 9.59 Å². The quantitative estimate of drug-likeness (QED) is 0.848. The zero-order valence-electron chi connectivity index (χ0n) is 14.9. The van der Waals surface area contributed by atoms with Crippen LogP contribution in [-0.2, 0) is 11.3 Å². The summed E-state index contributed by atoms with van der Waals surface area (Å²) in [5.74, 6) is -0.171. The Kier molecular flexibility index (Phi) is 5.18. The number of likely N-dealkylation sites (tertiary alicyclic amines) is 1. The summed E-state index contributed by atoms with van der Waals surface area (Å²) in [4.78, 5) is 32.9. The summed E-state index contributed by atoms with van der Waals surface area (Å²) >= 11 is 1.46. The molecule has 1 fully saturated rings. The van der Waals surface area contributed by atoms with Gasteiger partial charge in [0.15, 0.2) is 4.80 Å². The van der Waals surface area contributed by atoms with Crippen molar-refractivity contribution in [3.63, 3.8) is 0 Å². The fourth-order valence-corrected chi connectivity index (χ4v) is 3.97. The number of hydrogen-bond donors (Lipinski definition) is 0. The second-order valence-electron chi connectivity index (χ2n) is 6.49. The van der Waals surface area contributed by atoms with Crippen LogP contribution < -0.4 is 4.80 Å². The van der Waals surface area contributed by atoms with Gasteiger partial charge >= 0.3 is 0 Å².